The maximum atomic E-state index is 5.85. The van der Waals surface area contributed by atoms with E-state index in [1.165, 1.54) is 0 Å². The van der Waals surface area contributed by atoms with Crippen LogP contribution in [0.3, 0.4) is 0 Å². The summed E-state index contributed by atoms with van der Waals surface area (Å²) in [7, 11) is -0.269. The normalized spacial score (nSPS) is 23.9. The van der Waals surface area contributed by atoms with Crippen LogP contribution in [0.1, 0.15) is 40.5 Å². The maximum absolute atomic E-state index is 5.85. The molecule has 0 spiro atoms. The van der Waals surface area contributed by atoms with Gasteiger partial charge in [0.25, 0.3) is 0 Å². The molecule has 2 nitrogen and oxygen atoms in total. The van der Waals surface area contributed by atoms with Crippen molar-refractivity contribution in [2.24, 2.45) is 0 Å². The molecule has 1 heterocycles. The summed E-state index contributed by atoms with van der Waals surface area (Å²) in [5.74, 6) is 2.65. The van der Waals surface area contributed by atoms with Crippen LogP contribution in [0.15, 0.2) is 10.5 Å². The molecule has 0 bridgehead atoms. The Balaban J connectivity index is 2.59. The number of hydrogen-bond donors (Lipinski definition) is 0. The van der Waals surface area contributed by atoms with Crippen molar-refractivity contribution < 1.29 is 9.31 Å². The van der Waals surface area contributed by atoms with Crippen molar-refractivity contribution in [2.75, 3.05) is 5.88 Å². The first-order valence-corrected chi connectivity index (χ1v) is 6.89. The summed E-state index contributed by atoms with van der Waals surface area (Å²) in [6.07, 6.45) is 1.88. The minimum absolute atomic E-state index is 0.269. The number of hydrogen-bond acceptors (Lipinski definition) is 2. The second kappa shape index (κ2) is 5.43. The Hall–Kier alpha value is 0.495. The van der Waals surface area contributed by atoms with E-state index in [0.29, 0.717) is 5.88 Å². The summed E-state index contributed by atoms with van der Waals surface area (Å²) in [6, 6.07) is 0. The number of alkyl halides is 1. The molecule has 0 aliphatic carbocycles. The topological polar surface area (TPSA) is 18.5 Å². The molecule has 0 saturated carbocycles. The van der Waals surface area contributed by atoms with Crippen LogP contribution in [0.2, 0.25) is 0 Å². The largest absolute Gasteiger partial charge is 0.487 e. The summed E-state index contributed by atoms with van der Waals surface area (Å²) in [5.41, 5.74) is -0.540. The van der Waals surface area contributed by atoms with E-state index >= 15 is 0 Å². The van der Waals surface area contributed by atoms with Crippen molar-refractivity contribution in [3.8, 4) is 0 Å². The average molecular weight is 309 g/mol. The first kappa shape index (κ1) is 14.6. The van der Waals surface area contributed by atoms with Gasteiger partial charge in [-0.05, 0) is 51.0 Å². The van der Waals surface area contributed by atoms with E-state index in [1.807, 2.05) is 33.7 Å². The fourth-order valence-corrected chi connectivity index (χ4v) is 2.05. The van der Waals surface area contributed by atoms with Crippen LogP contribution in [0.4, 0.5) is 0 Å². The van der Waals surface area contributed by atoms with Crippen molar-refractivity contribution in [3.05, 3.63) is 10.5 Å². The van der Waals surface area contributed by atoms with E-state index in [-0.39, 0.29) is 18.3 Å². The minimum Gasteiger partial charge on any atom is -0.400 e. The number of halogens is 2. The van der Waals surface area contributed by atoms with Crippen LogP contribution in [0.25, 0.3) is 0 Å². The van der Waals surface area contributed by atoms with E-state index in [0.717, 1.165) is 17.3 Å². The van der Waals surface area contributed by atoms with Crippen LogP contribution >= 0.6 is 27.5 Å². The zero-order chi connectivity index (χ0) is 12.4. The Morgan fingerprint density at radius 3 is 2.19 bits per heavy atom. The molecule has 0 unspecified atom stereocenters. The highest BCUT2D eigenvalue weighted by atomic mass is 79.9. The molecule has 0 aromatic carbocycles. The monoisotopic (exact) mass is 308 g/mol. The molecule has 92 valence electrons. The van der Waals surface area contributed by atoms with E-state index in [2.05, 4.69) is 15.9 Å². The van der Waals surface area contributed by atoms with Crippen molar-refractivity contribution in [1.29, 1.82) is 0 Å². The van der Waals surface area contributed by atoms with Gasteiger partial charge in [0.15, 0.2) is 0 Å². The first-order chi connectivity index (χ1) is 7.28. The summed E-state index contributed by atoms with van der Waals surface area (Å²) in [4.78, 5) is 0. The number of allylic oxidation sites excluding steroid dienone is 1. The molecular weight excluding hydrogens is 290 g/mol. The average Bonchev–Trinajstić information content (AvgIpc) is 2.31. The number of rotatable bonds is 4. The smallest absolute Gasteiger partial charge is 0.400 e. The van der Waals surface area contributed by atoms with Gasteiger partial charge in [-0.15, -0.1) is 11.6 Å². The van der Waals surface area contributed by atoms with E-state index < -0.39 is 0 Å². The molecule has 0 atom stereocenters. The maximum Gasteiger partial charge on any atom is 0.487 e. The van der Waals surface area contributed by atoms with E-state index in [9.17, 15) is 0 Å². The van der Waals surface area contributed by atoms with Crippen LogP contribution in [0.5, 0.6) is 0 Å². The van der Waals surface area contributed by atoms with Gasteiger partial charge in [0, 0.05) is 5.88 Å². The lowest BCUT2D eigenvalue weighted by Gasteiger charge is -2.32. The van der Waals surface area contributed by atoms with Crippen molar-refractivity contribution in [2.45, 2.75) is 51.7 Å². The molecule has 0 aromatic heterocycles. The first-order valence-electron chi connectivity index (χ1n) is 5.56. The van der Waals surface area contributed by atoms with E-state index in [4.69, 9.17) is 20.9 Å². The van der Waals surface area contributed by atoms with Crippen molar-refractivity contribution >= 4 is 34.6 Å². The van der Waals surface area contributed by atoms with Gasteiger partial charge in [0.05, 0.1) is 11.2 Å². The summed E-state index contributed by atoms with van der Waals surface area (Å²) >= 11 is 9.15. The van der Waals surface area contributed by atoms with Gasteiger partial charge < -0.3 is 9.31 Å². The molecule has 1 aliphatic rings. The molecular formula is C11H19BBrClO2. The molecule has 0 N–H and O–H groups in total. The van der Waals surface area contributed by atoms with Gasteiger partial charge in [-0.3, -0.25) is 0 Å². The molecule has 0 aromatic rings. The third-order valence-electron chi connectivity index (χ3n) is 3.14. The zero-order valence-corrected chi connectivity index (χ0v) is 12.7. The molecule has 1 fully saturated rings. The third kappa shape index (κ3) is 3.49. The molecule has 5 heteroatoms. The predicted molar refractivity (Wildman–Crippen MR) is 73.0 cm³/mol. The fraction of sp³-hybridized carbons (Fsp3) is 0.818. The van der Waals surface area contributed by atoms with Crippen LogP contribution < -0.4 is 0 Å². The Morgan fingerprint density at radius 2 is 1.75 bits per heavy atom. The highest BCUT2D eigenvalue weighted by molar-refractivity contribution is 9.11. The third-order valence-corrected chi connectivity index (χ3v) is 4.07. The summed E-state index contributed by atoms with van der Waals surface area (Å²) < 4.78 is 12.8. The highest BCUT2D eigenvalue weighted by Crippen LogP contribution is 2.37. The van der Waals surface area contributed by atoms with Crippen LogP contribution in [-0.4, -0.2) is 24.2 Å². The molecule has 16 heavy (non-hydrogen) atoms. The Kier molecular flexibility index (Phi) is 4.94. The van der Waals surface area contributed by atoms with Gasteiger partial charge in [-0.1, -0.05) is 15.9 Å². The molecule has 1 saturated heterocycles. The fourth-order valence-electron chi connectivity index (χ4n) is 1.42. The standard InChI is InChI=1S/C11H19BBrClO2/c1-10(2)11(3,4)16-12(15-10)8-9(13)6-5-7-14/h8H,5-7H2,1-4H3/b9-8+. The van der Waals surface area contributed by atoms with Gasteiger partial charge in [-0.2, -0.15) is 0 Å². The van der Waals surface area contributed by atoms with Gasteiger partial charge in [0.1, 0.15) is 0 Å². The molecule has 0 amide bonds. The predicted octanol–water partition coefficient (Wildman–Crippen LogP) is 3.92. The van der Waals surface area contributed by atoms with Crippen LogP contribution in [-0.2, 0) is 9.31 Å². The van der Waals surface area contributed by atoms with E-state index in [1.54, 1.807) is 0 Å². The highest BCUT2D eigenvalue weighted by Gasteiger charge is 2.50. The lowest BCUT2D eigenvalue weighted by molar-refractivity contribution is 0.00578. The quantitative estimate of drug-likeness (QED) is 0.579. The van der Waals surface area contributed by atoms with Crippen LogP contribution in [0, 0.1) is 0 Å². The molecule has 1 rings (SSSR count). The lowest BCUT2D eigenvalue weighted by atomic mass is 9.89. The summed E-state index contributed by atoms with van der Waals surface area (Å²) in [6.45, 7) is 8.20. The van der Waals surface area contributed by atoms with Gasteiger partial charge >= 0.3 is 7.12 Å². The summed E-state index contributed by atoms with van der Waals surface area (Å²) in [5, 5.41) is 0. The van der Waals surface area contributed by atoms with Crippen molar-refractivity contribution in [3.63, 3.8) is 0 Å². The Bertz CT molecular complexity index is 263. The van der Waals surface area contributed by atoms with Gasteiger partial charge in [0.2, 0.25) is 0 Å². The van der Waals surface area contributed by atoms with Crippen molar-refractivity contribution in [1.82, 2.24) is 0 Å². The lowest BCUT2D eigenvalue weighted by Crippen LogP contribution is -2.41. The Labute approximate surface area is 112 Å². The molecule has 1 aliphatic heterocycles. The SMILES string of the molecule is CC1(C)OB(/C=C(/Br)CCCCl)OC1(C)C. The second-order valence-electron chi connectivity index (χ2n) is 5.03. The minimum atomic E-state index is -0.270. The molecule has 0 radical (unpaired) electrons. The zero-order valence-electron chi connectivity index (χ0n) is 10.3. The Morgan fingerprint density at radius 1 is 1.25 bits per heavy atom. The second-order valence-corrected chi connectivity index (χ2v) is 6.43. The van der Waals surface area contributed by atoms with Gasteiger partial charge in [-0.25, -0.2) is 0 Å².